The summed E-state index contributed by atoms with van der Waals surface area (Å²) in [5.41, 5.74) is 1.55. The van der Waals surface area contributed by atoms with E-state index >= 15 is 0 Å². The molecule has 1 nitrogen and oxygen atoms in total. The molecular formula is C26H38O. The molecule has 0 N–H and O–H groups in total. The van der Waals surface area contributed by atoms with Gasteiger partial charge in [0, 0.05) is 0 Å². The molecule has 3 rings (SSSR count). The van der Waals surface area contributed by atoms with Gasteiger partial charge in [-0.25, -0.2) is 0 Å². The molecule has 148 valence electrons. The largest absolute Gasteiger partial charge is 0.494 e. The highest BCUT2D eigenvalue weighted by Gasteiger charge is 2.22. The van der Waals surface area contributed by atoms with Crippen LogP contribution in [0.1, 0.15) is 96.0 Å². The zero-order valence-electron chi connectivity index (χ0n) is 17.5. The van der Waals surface area contributed by atoms with Crippen LogP contribution >= 0.6 is 0 Å². The molecule has 0 unspecified atom stereocenters. The Labute approximate surface area is 166 Å². The smallest absolute Gasteiger partial charge is 0.119 e. The maximum Gasteiger partial charge on any atom is 0.119 e. The van der Waals surface area contributed by atoms with Crippen LogP contribution in [0.15, 0.2) is 36.4 Å². The van der Waals surface area contributed by atoms with E-state index in [4.69, 9.17) is 4.74 Å². The van der Waals surface area contributed by atoms with Gasteiger partial charge in [-0.05, 0) is 72.4 Å². The highest BCUT2D eigenvalue weighted by atomic mass is 16.5. The van der Waals surface area contributed by atoms with Gasteiger partial charge in [-0.1, -0.05) is 76.6 Å². The van der Waals surface area contributed by atoms with Crippen LogP contribution in [0.3, 0.4) is 0 Å². The molecule has 0 amide bonds. The number of benzene rings is 2. The van der Waals surface area contributed by atoms with Gasteiger partial charge in [0.15, 0.2) is 0 Å². The lowest BCUT2D eigenvalue weighted by Gasteiger charge is -2.29. The fourth-order valence-corrected chi connectivity index (χ4v) is 4.60. The van der Waals surface area contributed by atoms with Gasteiger partial charge in [-0.3, -0.25) is 0 Å². The molecule has 1 fully saturated rings. The molecule has 1 heteroatoms. The minimum absolute atomic E-state index is 0.766. The minimum atomic E-state index is 0.766. The van der Waals surface area contributed by atoms with Crippen molar-refractivity contribution in [2.24, 2.45) is 5.92 Å². The molecular weight excluding hydrogens is 328 g/mol. The van der Waals surface area contributed by atoms with E-state index in [1.807, 2.05) is 0 Å². The first kappa shape index (κ1) is 20.2. The van der Waals surface area contributed by atoms with Crippen molar-refractivity contribution in [1.29, 1.82) is 0 Å². The number of unbranched alkanes of at least 4 members (excludes halogenated alkanes) is 4. The second-order valence-corrected chi connectivity index (χ2v) is 8.54. The molecule has 0 aliphatic heterocycles. The molecule has 2 aromatic carbocycles. The molecule has 1 aliphatic rings. The van der Waals surface area contributed by atoms with E-state index in [1.54, 1.807) is 5.56 Å². The molecule has 2 aromatic rings. The normalized spacial score (nSPS) is 20.1. The average Bonchev–Trinajstić information content (AvgIpc) is 2.71. The third-order valence-corrected chi connectivity index (χ3v) is 6.39. The Morgan fingerprint density at radius 2 is 1.48 bits per heavy atom. The quantitative estimate of drug-likeness (QED) is 0.384. The van der Waals surface area contributed by atoms with Crippen LogP contribution in [0.2, 0.25) is 0 Å². The molecule has 0 heterocycles. The topological polar surface area (TPSA) is 9.23 Å². The molecule has 0 bridgehead atoms. The van der Waals surface area contributed by atoms with Crippen molar-refractivity contribution in [2.45, 2.75) is 90.4 Å². The summed E-state index contributed by atoms with van der Waals surface area (Å²) in [5.74, 6) is 2.77. The number of fused-ring (bicyclic) bond motifs is 1. The summed E-state index contributed by atoms with van der Waals surface area (Å²) < 4.78 is 5.91. The predicted octanol–water partition coefficient (Wildman–Crippen LogP) is 8.26. The van der Waals surface area contributed by atoms with E-state index in [1.165, 1.54) is 75.0 Å². The van der Waals surface area contributed by atoms with E-state index in [0.29, 0.717) is 0 Å². The molecule has 27 heavy (non-hydrogen) atoms. The predicted molar refractivity (Wildman–Crippen MR) is 118 cm³/mol. The van der Waals surface area contributed by atoms with Crippen molar-refractivity contribution in [3.05, 3.63) is 42.0 Å². The van der Waals surface area contributed by atoms with E-state index < -0.39 is 0 Å². The highest BCUT2D eigenvalue weighted by molar-refractivity contribution is 5.84. The molecule has 0 radical (unpaired) electrons. The van der Waals surface area contributed by atoms with Gasteiger partial charge in [0.25, 0.3) is 0 Å². The highest BCUT2D eigenvalue weighted by Crippen LogP contribution is 2.38. The van der Waals surface area contributed by atoms with Crippen LogP contribution in [0.5, 0.6) is 5.75 Å². The Balaban J connectivity index is 1.55. The SMILES string of the molecule is CCCCCOc1ccc2cc(C3CCC(CCCCC)CC3)ccc2c1. The second-order valence-electron chi connectivity index (χ2n) is 8.54. The Morgan fingerprint density at radius 3 is 2.26 bits per heavy atom. The molecule has 0 spiro atoms. The van der Waals surface area contributed by atoms with Gasteiger partial charge in [-0.2, -0.15) is 0 Å². The summed E-state index contributed by atoms with van der Waals surface area (Å²) in [6, 6.07) is 13.7. The Morgan fingerprint density at radius 1 is 0.778 bits per heavy atom. The summed E-state index contributed by atoms with van der Waals surface area (Å²) >= 11 is 0. The first-order valence-corrected chi connectivity index (χ1v) is 11.5. The van der Waals surface area contributed by atoms with Crippen LogP contribution in [0.25, 0.3) is 10.8 Å². The summed E-state index contributed by atoms with van der Waals surface area (Å²) in [5, 5.41) is 2.67. The fourth-order valence-electron chi connectivity index (χ4n) is 4.60. The van der Waals surface area contributed by atoms with Crippen LogP contribution in [0, 0.1) is 5.92 Å². The van der Waals surface area contributed by atoms with Crippen LogP contribution in [0.4, 0.5) is 0 Å². The standard InChI is InChI=1S/C26H38O/c1-3-5-7-9-21-10-12-22(13-11-21)23-14-15-25-20-26(17-16-24(25)19-23)27-18-8-6-4-2/h14-17,19-22H,3-13,18H2,1-2H3. The number of rotatable bonds is 10. The van der Waals surface area contributed by atoms with Crippen molar-refractivity contribution in [2.75, 3.05) is 6.61 Å². The van der Waals surface area contributed by atoms with Crippen molar-refractivity contribution in [3.8, 4) is 5.75 Å². The Kier molecular flexibility index (Phi) is 8.05. The molecule has 0 atom stereocenters. The van der Waals surface area contributed by atoms with E-state index in [-0.39, 0.29) is 0 Å². The van der Waals surface area contributed by atoms with Gasteiger partial charge in [0.1, 0.15) is 5.75 Å². The monoisotopic (exact) mass is 366 g/mol. The summed E-state index contributed by atoms with van der Waals surface area (Å²) in [6.07, 6.45) is 14.9. The third-order valence-electron chi connectivity index (χ3n) is 6.39. The van der Waals surface area contributed by atoms with Crippen molar-refractivity contribution in [3.63, 3.8) is 0 Å². The number of ether oxygens (including phenoxy) is 1. The number of hydrogen-bond donors (Lipinski definition) is 0. The fraction of sp³-hybridized carbons (Fsp3) is 0.615. The molecule has 0 aromatic heterocycles. The van der Waals surface area contributed by atoms with Gasteiger partial charge in [0.05, 0.1) is 6.61 Å². The second kappa shape index (κ2) is 10.7. The molecule has 0 saturated heterocycles. The lowest BCUT2D eigenvalue weighted by Crippen LogP contribution is -2.13. The van der Waals surface area contributed by atoms with Crippen molar-refractivity contribution in [1.82, 2.24) is 0 Å². The molecule has 1 saturated carbocycles. The first-order chi connectivity index (χ1) is 13.3. The van der Waals surface area contributed by atoms with Gasteiger partial charge in [-0.15, -0.1) is 0 Å². The Hall–Kier alpha value is -1.50. The zero-order valence-corrected chi connectivity index (χ0v) is 17.5. The van der Waals surface area contributed by atoms with Crippen LogP contribution < -0.4 is 4.74 Å². The van der Waals surface area contributed by atoms with E-state index in [9.17, 15) is 0 Å². The van der Waals surface area contributed by atoms with Crippen molar-refractivity contribution >= 4 is 10.8 Å². The minimum Gasteiger partial charge on any atom is -0.494 e. The molecule has 1 aliphatic carbocycles. The van der Waals surface area contributed by atoms with Crippen LogP contribution in [-0.2, 0) is 0 Å². The summed E-state index contributed by atoms with van der Waals surface area (Å²) in [7, 11) is 0. The van der Waals surface area contributed by atoms with Gasteiger partial charge >= 0.3 is 0 Å². The lowest BCUT2D eigenvalue weighted by atomic mass is 9.77. The van der Waals surface area contributed by atoms with E-state index in [0.717, 1.165) is 30.6 Å². The first-order valence-electron chi connectivity index (χ1n) is 11.5. The Bertz CT molecular complexity index is 682. The lowest BCUT2D eigenvalue weighted by molar-refractivity contribution is 0.303. The van der Waals surface area contributed by atoms with Gasteiger partial charge in [0.2, 0.25) is 0 Å². The third kappa shape index (κ3) is 5.99. The maximum atomic E-state index is 5.91. The summed E-state index contributed by atoms with van der Waals surface area (Å²) in [4.78, 5) is 0. The van der Waals surface area contributed by atoms with E-state index in [2.05, 4.69) is 50.2 Å². The zero-order chi connectivity index (χ0) is 18.9. The number of hydrogen-bond acceptors (Lipinski definition) is 1. The van der Waals surface area contributed by atoms with Crippen LogP contribution in [-0.4, -0.2) is 6.61 Å². The summed E-state index contributed by atoms with van der Waals surface area (Å²) in [6.45, 7) is 5.36. The van der Waals surface area contributed by atoms with Gasteiger partial charge < -0.3 is 4.74 Å². The maximum absolute atomic E-state index is 5.91. The van der Waals surface area contributed by atoms with Crippen molar-refractivity contribution < 1.29 is 4.74 Å². The average molecular weight is 367 g/mol.